The molecular formula is C14H16N2O5. The number of nitrogens with one attached hydrogen (secondary N) is 1. The van der Waals surface area contributed by atoms with Crippen LogP contribution >= 0.6 is 0 Å². The van der Waals surface area contributed by atoms with Gasteiger partial charge in [-0.05, 0) is 26.0 Å². The van der Waals surface area contributed by atoms with Crippen LogP contribution in [0.25, 0.3) is 5.76 Å². The van der Waals surface area contributed by atoms with E-state index in [1.54, 1.807) is 6.92 Å². The van der Waals surface area contributed by atoms with Crippen LogP contribution in [0.5, 0.6) is 0 Å². The fraction of sp³-hybridized carbons (Fsp3) is 0.286. The molecule has 21 heavy (non-hydrogen) atoms. The second-order valence-electron chi connectivity index (χ2n) is 4.08. The van der Waals surface area contributed by atoms with E-state index in [2.05, 4.69) is 10.3 Å². The molecule has 1 heterocycles. The number of hydrogen-bond acceptors (Lipinski definition) is 6. The van der Waals surface area contributed by atoms with Gasteiger partial charge in [0.1, 0.15) is 17.2 Å². The molecule has 1 amide bonds. The van der Waals surface area contributed by atoms with Crippen molar-refractivity contribution >= 4 is 29.2 Å². The first-order valence-corrected chi connectivity index (χ1v) is 6.22. The highest BCUT2D eigenvalue weighted by molar-refractivity contribution is 6.21. The number of carbonyl (C=O) groups excluding carboxylic acids is 3. The van der Waals surface area contributed by atoms with Gasteiger partial charge in [0.15, 0.2) is 5.78 Å². The molecule has 2 N–H and O–H groups in total. The third kappa shape index (κ3) is 4.13. The second-order valence-corrected chi connectivity index (χ2v) is 4.08. The lowest BCUT2D eigenvalue weighted by molar-refractivity contribution is -0.139. The van der Waals surface area contributed by atoms with Crippen molar-refractivity contribution in [2.75, 3.05) is 11.9 Å². The first kappa shape index (κ1) is 16.4. The van der Waals surface area contributed by atoms with Crippen molar-refractivity contribution in [3.63, 3.8) is 0 Å². The third-order valence-electron chi connectivity index (χ3n) is 2.43. The van der Waals surface area contributed by atoms with Crippen molar-refractivity contribution < 1.29 is 24.2 Å². The average molecular weight is 292 g/mol. The molecule has 0 spiro atoms. The Morgan fingerprint density at radius 2 is 2.00 bits per heavy atom. The number of aromatic nitrogens is 1. The molecule has 1 aromatic rings. The molecule has 0 unspecified atom stereocenters. The van der Waals surface area contributed by atoms with E-state index < -0.39 is 29.0 Å². The minimum atomic E-state index is -0.930. The average Bonchev–Trinajstić information content (AvgIpc) is 2.38. The first-order chi connectivity index (χ1) is 9.88. The predicted molar refractivity (Wildman–Crippen MR) is 75.4 cm³/mol. The normalized spacial score (nSPS) is 11.4. The molecule has 112 valence electrons. The van der Waals surface area contributed by atoms with E-state index in [1.807, 2.05) is 0 Å². The van der Waals surface area contributed by atoms with Gasteiger partial charge in [-0.15, -0.1) is 0 Å². The van der Waals surface area contributed by atoms with Crippen LogP contribution in [-0.2, 0) is 19.1 Å². The van der Waals surface area contributed by atoms with E-state index in [0.29, 0.717) is 0 Å². The highest BCUT2D eigenvalue weighted by Gasteiger charge is 2.24. The van der Waals surface area contributed by atoms with Crippen LogP contribution in [0.15, 0.2) is 23.9 Å². The molecule has 0 saturated carbocycles. The first-order valence-electron chi connectivity index (χ1n) is 6.22. The summed E-state index contributed by atoms with van der Waals surface area (Å²) in [6.45, 7) is 4.06. The van der Waals surface area contributed by atoms with Crippen LogP contribution in [0.2, 0.25) is 0 Å². The Balaban J connectivity index is 3.40. The van der Waals surface area contributed by atoms with E-state index in [4.69, 9.17) is 4.74 Å². The second kappa shape index (κ2) is 7.18. The Morgan fingerprint density at radius 1 is 1.33 bits per heavy atom. The van der Waals surface area contributed by atoms with Crippen molar-refractivity contribution in [2.45, 2.75) is 20.8 Å². The molecular weight excluding hydrogens is 276 g/mol. The lowest BCUT2D eigenvalue weighted by Crippen LogP contribution is -2.17. The van der Waals surface area contributed by atoms with E-state index in [9.17, 15) is 19.5 Å². The fourth-order valence-corrected chi connectivity index (χ4v) is 1.61. The van der Waals surface area contributed by atoms with Crippen LogP contribution < -0.4 is 5.32 Å². The summed E-state index contributed by atoms with van der Waals surface area (Å²) in [5.74, 6) is -2.52. The van der Waals surface area contributed by atoms with Gasteiger partial charge < -0.3 is 15.2 Å². The van der Waals surface area contributed by atoms with Gasteiger partial charge in [-0.1, -0.05) is 0 Å². The van der Waals surface area contributed by atoms with Gasteiger partial charge in [0, 0.05) is 13.1 Å². The maximum atomic E-state index is 11.8. The number of esters is 1. The fourth-order valence-electron chi connectivity index (χ4n) is 1.61. The summed E-state index contributed by atoms with van der Waals surface area (Å²) in [7, 11) is 0. The van der Waals surface area contributed by atoms with Crippen molar-refractivity contribution in [1.82, 2.24) is 4.98 Å². The number of nitrogens with zero attached hydrogens (tertiary/aromatic N) is 1. The summed E-state index contributed by atoms with van der Waals surface area (Å²) >= 11 is 0. The number of Topliss-reactive ketones (excluding diaryl/α,β-unsaturated/α-hetero) is 1. The Labute approximate surface area is 121 Å². The predicted octanol–water partition coefficient (Wildman–Crippen LogP) is 1.46. The minimum absolute atomic E-state index is 0.0468. The van der Waals surface area contributed by atoms with E-state index in [1.165, 1.54) is 25.3 Å². The number of amides is 1. The van der Waals surface area contributed by atoms with Gasteiger partial charge in [0.05, 0.1) is 12.2 Å². The topological polar surface area (TPSA) is 106 Å². The number of hydrogen-bond donors (Lipinski definition) is 2. The summed E-state index contributed by atoms with van der Waals surface area (Å²) in [4.78, 5) is 38.4. The zero-order valence-corrected chi connectivity index (χ0v) is 12.0. The summed E-state index contributed by atoms with van der Waals surface area (Å²) in [6.07, 6.45) is 1.40. The van der Waals surface area contributed by atoms with E-state index in [0.717, 1.165) is 6.92 Å². The van der Waals surface area contributed by atoms with Crippen molar-refractivity contribution in [3.8, 4) is 0 Å². The Kier molecular flexibility index (Phi) is 5.59. The lowest BCUT2D eigenvalue weighted by atomic mass is 10.1. The Bertz CT molecular complexity index is 607. The number of aliphatic hydroxyl groups is 1. The Hall–Kier alpha value is -2.70. The number of anilines is 1. The van der Waals surface area contributed by atoms with E-state index >= 15 is 0 Å². The highest BCUT2D eigenvalue weighted by Crippen LogP contribution is 2.23. The number of ether oxygens (including phenoxy) is 1. The molecule has 0 fully saturated rings. The van der Waals surface area contributed by atoms with E-state index in [-0.39, 0.29) is 18.0 Å². The monoisotopic (exact) mass is 292 g/mol. The molecule has 0 atom stereocenters. The van der Waals surface area contributed by atoms with Crippen molar-refractivity contribution in [2.24, 2.45) is 0 Å². The van der Waals surface area contributed by atoms with Crippen LogP contribution in [0, 0.1) is 0 Å². The summed E-state index contributed by atoms with van der Waals surface area (Å²) in [6, 6.07) is 2.93. The quantitative estimate of drug-likeness (QED) is 0.280. The summed E-state index contributed by atoms with van der Waals surface area (Å²) in [5.41, 5.74) is -0.428. The minimum Gasteiger partial charge on any atom is -0.506 e. The Morgan fingerprint density at radius 3 is 2.52 bits per heavy atom. The number of aliphatic hydroxyl groups excluding tert-OH is 1. The highest BCUT2D eigenvalue weighted by atomic mass is 16.5. The molecule has 0 saturated heterocycles. The van der Waals surface area contributed by atoms with Crippen LogP contribution in [0.3, 0.4) is 0 Å². The molecule has 1 aromatic heterocycles. The summed E-state index contributed by atoms with van der Waals surface area (Å²) in [5, 5.41) is 12.6. The maximum Gasteiger partial charge on any atom is 0.345 e. The number of carbonyl (C=O) groups is 3. The van der Waals surface area contributed by atoms with Crippen LogP contribution in [-0.4, -0.2) is 34.4 Å². The van der Waals surface area contributed by atoms with Crippen molar-refractivity contribution in [3.05, 3.63) is 29.5 Å². The molecule has 0 aliphatic rings. The number of ketones is 1. The zero-order valence-electron chi connectivity index (χ0n) is 12.0. The smallest absolute Gasteiger partial charge is 0.345 e. The molecule has 7 nitrogen and oxygen atoms in total. The maximum absolute atomic E-state index is 11.8. The molecule has 0 aliphatic carbocycles. The standard InChI is InChI=1S/C14H16N2O5/c1-4-21-14(20)11(8(2)17)12(19)10-6-5-7-15-13(10)16-9(3)18/h5-7,19H,4H2,1-3H3,(H,15,16,18)/b12-11-. The molecule has 0 aliphatic heterocycles. The van der Waals surface area contributed by atoms with Gasteiger partial charge in [-0.25, -0.2) is 9.78 Å². The molecule has 0 bridgehead atoms. The largest absolute Gasteiger partial charge is 0.506 e. The van der Waals surface area contributed by atoms with Gasteiger partial charge in [-0.2, -0.15) is 0 Å². The SMILES string of the molecule is CCOC(=O)/C(C(C)=O)=C(\O)c1cccnc1NC(C)=O. The van der Waals surface area contributed by atoms with Crippen LogP contribution in [0.1, 0.15) is 26.3 Å². The number of pyridine rings is 1. The lowest BCUT2D eigenvalue weighted by Gasteiger charge is -2.11. The molecule has 0 aromatic carbocycles. The molecule has 1 rings (SSSR count). The van der Waals surface area contributed by atoms with Crippen molar-refractivity contribution in [1.29, 1.82) is 0 Å². The van der Waals surface area contributed by atoms with Gasteiger partial charge >= 0.3 is 5.97 Å². The third-order valence-corrected chi connectivity index (χ3v) is 2.43. The van der Waals surface area contributed by atoms with Crippen LogP contribution in [0.4, 0.5) is 5.82 Å². The van der Waals surface area contributed by atoms with Gasteiger partial charge in [-0.3, -0.25) is 9.59 Å². The summed E-state index contributed by atoms with van der Waals surface area (Å²) < 4.78 is 4.74. The zero-order chi connectivity index (χ0) is 16.0. The molecule has 0 radical (unpaired) electrons. The van der Waals surface area contributed by atoms with Gasteiger partial charge in [0.2, 0.25) is 5.91 Å². The molecule has 7 heteroatoms. The number of rotatable bonds is 5. The van der Waals surface area contributed by atoms with Gasteiger partial charge in [0.25, 0.3) is 0 Å².